The van der Waals surface area contributed by atoms with Crippen molar-refractivity contribution < 1.29 is 14.3 Å². The van der Waals surface area contributed by atoms with E-state index in [1.807, 2.05) is 43.3 Å². The summed E-state index contributed by atoms with van der Waals surface area (Å²) in [7, 11) is 1.55. The third kappa shape index (κ3) is 4.82. The molecule has 0 heterocycles. The van der Waals surface area contributed by atoms with E-state index in [1.54, 1.807) is 19.2 Å². The minimum Gasteiger partial charge on any atom is -0.493 e. The average molecular weight is 377 g/mol. The second kappa shape index (κ2) is 8.33. The van der Waals surface area contributed by atoms with E-state index in [0.29, 0.717) is 17.2 Å². The van der Waals surface area contributed by atoms with Crippen molar-refractivity contribution in [2.45, 2.75) is 6.92 Å². The molecular formula is C17H17BrN2O3. The van der Waals surface area contributed by atoms with E-state index in [1.165, 1.54) is 0 Å². The molecule has 120 valence electrons. The van der Waals surface area contributed by atoms with Crippen LogP contribution in [0, 0.1) is 0 Å². The lowest BCUT2D eigenvalue weighted by Gasteiger charge is -2.09. The highest BCUT2D eigenvalue weighted by Crippen LogP contribution is 2.25. The maximum absolute atomic E-state index is 11.8. The number of nitrogens with zero attached hydrogens (tertiary/aromatic N) is 1. The van der Waals surface area contributed by atoms with Gasteiger partial charge in [-0.2, -0.15) is 5.10 Å². The second-order valence-electron chi connectivity index (χ2n) is 4.65. The smallest absolute Gasteiger partial charge is 0.277 e. The molecule has 2 aromatic rings. The van der Waals surface area contributed by atoms with Gasteiger partial charge >= 0.3 is 0 Å². The molecule has 0 aliphatic carbocycles. The fraction of sp³-hybridized carbons (Fsp3) is 0.176. The summed E-state index contributed by atoms with van der Waals surface area (Å²) in [6.07, 6.45) is 0. The number of hydrogen-bond acceptors (Lipinski definition) is 4. The summed E-state index contributed by atoms with van der Waals surface area (Å²) in [5, 5.41) is 4.09. The molecule has 0 saturated heterocycles. The number of hydrazone groups is 1. The number of hydrogen-bond donors (Lipinski definition) is 1. The maximum Gasteiger partial charge on any atom is 0.277 e. The molecule has 0 aliphatic heterocycles. The number of nitrogens with one attached hydrogen (secondary N) is 1. The zero-order valence-electron chi connectivity index (χ0n) is 12.9. The van der Waals surface area contributed by atoms with E-state index in [2.05, 4.69) is 26.5 Å². The topological polar surface area (TPSA) is 59.9 Å². The first-order valence-corrected chi connectivity index (χ1v) is 7.75. The molecule has 2 aromatic carbocycles. The van der Waals surface area contributed by atoms with Gasteiger partial charge in [-0.05, 0) is 25.1 Å². The van der Waals surface area contributed by atoms with Crippen LogP contribution < -0.4 is 14.9 Å². The molecular weight excluding hydrogens is 360 g/mol. The van der Waals surface area contributed by atoms with Gasteiger partial charge in [-0.15, -0.1) is 0 Å². The molecule has 0 fully saturated rings. The van der Waals surface area contributed by atoms with E-state index >= 15 is 0 Å². The third-order valence-electron chi connectivity index (χ3n) is 3.04. The van der Waals surface area contributed by atoms with E-state index in [4.69, 9.17) is 9.47 Å². The summed E-state index contributed by atoms with van der Waals surface area (Å²) >= 11 is 3.45. The van der Waals surface area contributed by atoms with Gasteiger partial charge in [0.2, 0.25) is 0 Å². The molecule has 23 heavy (non-hydrogen) atoms. The van der Waals surface area contributed by atoms with Crippen LogP contribution in [-0.4, -0.2) is 25.3 Å². The fourth-order valence-corrected chi connectivity index (χ4v) is 2.45. The van der Waals surface area contributed by atoms with Crippen molar-refractivity contribution in [1.82, 2.24) is 5.43 Å². The predicted molar refractivity (Wildman–Crippen MR) is 93.0 cm³/mol. The Bertz CT molecular complexity index is 716. The molecule has 0 radical (unpaired) electrons. The Balaban J connectivity index is 1.92. The first-order chi connectivity index (χ1) is 11.1. The minimum absolute atomic E-state index is 0.146. The predicted octanol–water partition coefficient (Wildman–Crippen LogP) is 3.38. The van der Waals surface area contributed by atoms with Crippen LogP contribution in [-0.2, 0) is 4.79 Å². The SMILES string of the molecule is COc1ccccc1OCC(=O)N/N=C(/C)c1ccccc1Br. The molecule has 1 amide bonds. The van der Waals surface area contributed by atoms with Crippen molar-refractivity contribution in [2.75, 3.05) is 13.7 Å². The molecule has 0 aliphatic rings. The van der Waals surface area contributed by atoms with Crippen LogP contribution in [0.25, 0.3) is 0 Å². The van der Waals surface area contributed by atoms with Crippen molar-refractivity contribution >= 4 is 27.5 Å². The number of para-hydroxylation sites is 2. The van der Waals surface area contributed by atoms with E-state index in [9.17, 15) is 4.79 Å². The van der Waals surface area contributed by atoms with Crippen molar-refractivity contribution in [3.63, 3.8) is 0 Å². The van der Waals surface area contributed by atoms with E-state index < -0.39 is 0 Å². The van der Waals surface area contributed by atoms with Gasteiger partial charge in [0.25, 0.3) is 5.91 Å². The highest BCUT2D eigenvalue weighted by molar-refractivity contribution is 9.10. The highest BCUT2D eigenvalue weighted by atomic mass is 79.9. The van der Waals surface area contributed by atoms with Crippen LogP contribution in [0.4, 0.5) is 0 Å². The fourth-order valence-electron chi connectivity index (χ4n) is 1.87. The molecule has 0 saturated carbocycles. The van der Waals surface area contributed by atoms with Gasteiger partial charge < -0.3 is 9.47 Å². The number of carbonyl (C=O) groups is 1. The Morgan fingerprint density at radius 2 is 1.78 bits per heavy atom. The van der Waals surface area contributed by atoms with Gasteiger partial charge in [0.15, 0.2) is 18.1 Å². The molecule has 0 spiro atoms. The summed E-state index contributed by atoms with van der Waals surface area (Å²) in [6, 6.07) is 14.8. The lowest BCUT2D eigenvalue weighted by atomic mass is 10.1. The Hall–Kier alpha value is -2.34. The number of rotatable bonds is 6. The summed E-state index contributed by atoms with van der Waals surface area (Å²) in [6.45, 7) is 1.68. The number of amides is 1. The van der Waals surface area contributed by atoms with Gasteiger partial charge in [-0.3, -0.25) is 4.79 Å². The third-order valence-corrected chi connectivity index (χ3v) is 3.73. The average Bonchev–Trinajstić information content (AvgIpc) is 2.58. The van der Waals surface area contributed by atoms with Gasteiger partial charge in [-0.25, -0.2) is 5.43 Å². The lowest BCUT2D eigenvalue weighted by Crippen LogP contribution is -2.25. The van der Waals surface area contributed by atoms with Gasteiger partial charge in [-0.1, -0.05) is 46.3 Å². The van der Waals surface area contributed by atoms with Crippen molar-refractivity contribution in [3.8, 4) is 11.5 Å². The number of benzene rings is 2. The van der Waals surface area contributed by atoms with Crippen LogP contribution >= 0.6 is 15.9 Å². The van der Waals surface area contributed by atoms with Crippen molar-refractivity contribution in [1.29, 1.82) is 0 Å². The number of carbonyl (C=O) groups excluding carboxylic acids is 1. The Kier molecular flexibility index (Phi) is 6.17. The molecule has 0 unspecified atom stereocenters. The number of ether oxygens (including phenoxy) is 2. The van der Waals surface area contributed by atoms with Crippen LogP contribution in [0.15, 0.2) is 58.1 Å². The zero-order chi connectivity index (χ0) is 16.7. The molecule has 6 heteroatoms. The Morgan fingerprint density at radius 1 is 1.13 bits per heavy atom. The quantitative estimate of drug-likeness (QED) is 0.620. The molecule has 0 atom stereocenters. The van der Waals surface area contributed by atoms with Crippen LogP contribution in [0.1, 0.15) is 12.5 Å². The first kappa shape index (κ1) is 17.0. The summed E-state index contributed by atoms with van der Waals surface area (Å²) < 4.78 is 11.5. The van der Waals surface area contributed by atoms with Crippen molar-refractivity contribution in [2.24, 2.45) is 5.10 Å². The Labute approximate surface area is 143 Å². The summed E-state index contributed by atoms with van der Waals surface area (Å²) in [5.41, 5.74) is 4.09. The van der Waals surface area contributed by atoms with Gasteiger partial charge in [0, 0.05) is 10.0 Å². The molecule has 1 N–H and O–H groups in total. The minimum atomic E-state index is -0.345. The van der Waals surface area contributed by atoms with E-state index in [0.717, 1.165) is 10.0 Å². The van der Waals surface area contributed by atoms with E-state index in [-0.39, 0.29) is 12.5 Å². The number of methoxy groups -OCH3 is 1. The maximum atomic E-state index is 11.8. The monoisotopic (exact) mass is 376 g/mol. The summed E-state index contributed by atoms with van der Waals surface area (Å²) in [4.78, 5) is 11.8. The normalized spacial score (nSPS) is 11.0. The lowest BCUT2D eigenvalue weighted by molar-refractivity contribution is -0.123. The standard InChI is InChI=1S/C17H17BrN2O3/c1-12(13-7-3-4-8-14(13)18)19-20-17(21)11-23-16-10-6-5-9-15(16)22-2/h3-10H,11H2,1-2H3,(H,20,21)/b19-12-. The zero-order valence-corrected chi connectivity index (χ0v) is 14.5. The van der Waals surface area contributed by atoms with Crippen LogP contribution in [0.5, 0.6) is 11.5 Å². The summed E-state index contributed by atoms with van der Waals surface area (Å²) in [5.74, 6) is 0.743. The molecule has 5 nitrogen and oxygen atoms in total. The van der Waals surface area contributed by atoms with Crippen LogP contribution in [0.3, 0.4) is 0 Å². The second-order valence-corrected chi connectivity index (χ2v) is 5.51. The Morgan fingerprint density at radius 3 is 2.48 bits per heavy atom. The largest absolute Gasteiger partial charge is 0.493 e. The molecule has 0 aromatic heterocycles. The van der Waals surface area contributed by atoms with Crippen LogP contribution in [0.2, 0.25) is 0 Å². The van der Waals surface area contributed by atoms with Crippen molar-refractivity contribution in [3.05, 3.63) is 58.6 Å². The molecule has 2 rings (SSSR count). The first-order valence-electron chi connectivity index (χ1n) is 6.95. The van der Waals surface area contributed by atoms with Gasteiger partial charge in [0.1, 0.15) is 0 Å². The highest BCUT2D eigenvalue weighted by Gasteiger charge is 2.07. The van der Waals surface area contributed by atoms with Gasteiger partial charge in [0.05, 0.1) is 12.8 Å². The molecule has 0 bridgehead atoms. The number of halogens is 1.